The van der Waals surface area contributed by atoms with E-state index in [1.54, 1.807) is 13.0 Å². The highest BCUT2D eigenvalue weighted by Crippen LogP contribution is 2.33. The Bertz CT molecular complexity index is 548. The minimum Gasteiger partial charge on any atom is -0.507 e. The van der Waals surface area contributed by atoms with Crippen LogP contribution in [0.3, 0.4) is 0 Å². The highest BCUT2D eigenvalue weighted by Gasteiger charge is 2.40. The average molecular weight is 297 g/mol. The summed E-state index contributed by atoms with van der Waals surface area (Å²) in [5.74, 6) is -0.974. The quantitative estimate of drug-likeness (QED) is 0.876. The fourth-order valence-corrected chi connectivity index (χ4v) is 3.27. The van der Waals surface area contributed by atoms with Crippen molar-refractivity contribution >= 4 is 23.6 Å². The van der Waals surface area contributed by atoms with Gasteiger partial charge in [0.05, 0.1) is 18.0 Å². The van der Waals surface area contributed by atoms with E-state index in [0.29, 0.717) is 11.5 Å². The predicted molar refractivity (Wildman–Crippen MR) is 74.2 cm³/mol. The van der Waals surface area contributed by atoms with Crippen LogP contribution in [0.15, 0.2) is 18.2 Å². The maximum atomic E-state index is 12.4. The average Bonchev–Trinajstić information content (AvgIpc) is 2.79. The summed E-state index contributed by atoms with van der Waals surface area (Å²) >= 11 is 1.40. The third kappa shape index (κ3) is 2.53. The number of benzene rings is 1. The van der Waals surface area contributed by atoms with Crippen molar-refractivity contribution in [2.24, 2.45) is 0 Å². The molecule has 2 unspecified atom stereocenters. The van der Waals surface area contributed by atoms with Crippen LogP contribution >= 0.6 is 11.8 Å². The number of nitrogens with zero attached hydrogens (tertiary/aromatic N) is 1. The summed E-state index contributed by atoms with van der Waals surface area (Å²) in [6.45, 7) is 1.77. The van der Waals surface area contributed by atoms with E-state index in [1.165, 1.54) is 35.9 Å². The molecule has 2 atom stereocenters. The molecule has 1 aromatic rings. The Balaban J connectivity index is 2.32. The summed E-state index contributed by atoms with van der Waals surface area (Å²) in [7, 11) is 1.45. The lowest BCUT2D eigenvalue weighted by Gasteiger charge is -2.25. The van der Waals surface area contributed by atoms with E-state index in [9.17, 15) is 14.7 Å². The third-order valence-electron chi connectivity index (χ3n) is 3.18. The van der Waals surface area contributed by atoms with Gasteiger partial charge in [-0.15, -0.1) is 11.8 Å². The molecule has 0 aromatic heterocycles. The molecule has 1 aromatic carbocycles. The predicted octanol–water partition coefficient (Wildman–Crippen LogP) is 1.39. The SMILES string of the molecule is COc1ccc(C(=O)N2C(C)SCC2C(=O)O)c(O)c1. The third-order valence-corrected chi connectivity index (χ3v) is 4.40. The number of phenolic OH excluding ortho intramolecular Hbond substituents is 1. The van der Waals surface area contributed by atoms with Crippen molar-refractivity contribution in [2.75, 3.05) is 12.9 Å². The summed E-state index contributed by atoms with van der Waals surface area (Å²) in [5.41, 5.74) is 0.0754. The molecule has 2 rings (SSSR count). The van der Waals surface area contributed by atoms with Crippen molar-refractivity contribution < 1.29 is 24.5 Å². The zero-order valence-electron chi connectivity index (χ0n) is 11.1. The summed E-state index contributed by atoms with van der Waals surface area (Å²) in [4.78, 5) is 24.9. The summed E-state index contributed by atoms with van der Waals surface area (Å²) in [5, 5.41) is 18.8. The van der Waals surface area contributed by atoms with Gasteiger partial charge in [-0.1, -0.05) is 0 Å². The minimum absolute atomic E-state index is 0.0754. The zero-order chi connectivity index (χ0) is 14.9. The van der Waals surface area contributed by atoms with Crippen molar-refractivity contribution in [3.8, 4) is 11.5 Å². The molecular formula is C13H15NO5S. The lowest BCUT2D eigenvalue weighted by Crippen LogP contribution is -2.44. The van der Waals surface area contributed by atoms with Crippen LogP contribution in [-0.4, -0.2) is 51.3 Å². The van der Waals surface area contributed by atoms with Crippen LogP contribution in [0.1, 0.15) is 17.3 Å². The molecule has 0 radical (unpaired) electrons. The van der Waals surface area contributed by atoms with Gasteiger partial charge in [-0.05, 0) is 19.1 Å². The molecule has 0 bridgehead atoms. The Morgan fingerprint density at radius 3 is 2.70 bits per heavy atom. The van der Waals surface area contributed by atoms with Gasteiger partial charge < -0.3 is 19.8 Å². The van der Waals surface area contributed by atoms with Crippen molar-refractivity contribution in [3.05, 3.63) is 23.8 Å². The van der Waals surface area contributed by atoms with Gasteiger partial charge in [0.2, 0.25) is 0 Å². The van der Waals surface area contributed by atoms with E-state index in [4.69, 9.17) is 9.84 Å². The number of hydrogen-bond acceptors (Lipinski definition) is 5. The molecule has 6 nitrogen and oxygen atoms in total. The molecule has 1 heterocycles. The van der Waals surface area contributed by atoms with Crippen molar-refractivity contribution in [3.63, 3.8) is 0 Å². The Morgan fingerprint density at radius 1 is 1.45 bits per heavy atom. The first-order valence-electron chi connectivity index (χ1n) is 5.99. The first-order valence-corrected chi connectivity index (χ1v) is 7.04. The first-order chi connectivity index (χ1) is 9.45. The molecule has 1 aliphatic rings. The number of carbonyl (C=O) groups is 2. The Morgan fingerprint density at radius 2 is 2.15 bits per heavy atom. The Hall–Kier alpha value is -1.89. The molecular weight excluding hydrogens is 282 g/mol. The lowest BCUT2D eigenvalue weighted by atomic mass is 10.1. The van der Waals surface area contributed by atoms with E-state index < -0.39 is 17.9 Å². The molecule has 1 fully saturated rings. The second-order valence-corrected chi connectivity index (χ2v) is 5.73. The molecule has 1 aliphatic heterocycles. The van der Waals surface area contributed by atoms with Crippen molar-refractivity contribution in [1.82, 2.24) is 4.90 Å². The van der Waals surface area contributed by atoms with Gasteiger partial charge in [-0.25, -0.2) is 4.79 Å². The number of carbonyl (C=O) groups excluding carboxylic acids is 1. The van der Waals surface area contributed by atoms with Gasteiger partial charge >= 0.3 is 5.97 Å². The minimum atomic E-state index is -1.04. The molecule has 1 saturated heterocycles. The smallest absolute Gasteiger partial charge is 0.327 e. The first kappa shape index (κ1) is 14.5. The zero-order valence-corrected chi connectivity index (χ0v) is 11.9. The fourth-order valence-electron chi connectivity index (χ4n) is 2.10. The summed E-state index contributed by atoms with van der Waals surface area (Å²) in [6.07, 6.45) is 0. The second kappa shape index (κ2) is 5.62. The lowest BCUT2D eigenvalue weighted by molar-refractivity contribution is -0.141. The van der Waals surface area contributed by atoms with Gasteiger partial charge in [-0.2, -0.15) is 0 Å². The summed E-state index contributed by atoms with van der Waals surface area (Å²) in [6, 6.07) is 3.45. The number of thioether (sulfide) groups is 1. The van der Waals surface area contributed by atoms with Crippen molar-refractivity contribution in [2.45, 2.75) is 18.3 Å². The highest BCUT2D eigenvalue weighted by atomic mass is 32.2. The number of aliphatic carboxylic acids is 1. The van der Waals surface area contributed by atoms with Crippen molar-refractivity contribution in [1.29, 1.82) is 0 Å². The van der Waals surface area contributed by atoms with Crippen LogP contribution in [-0.2, 0) is 4.79 Å². The Kier molecular flexibility index (Phi) is 4.08. The molecule has 7 heteroatoms. The summed E-state index contributed by atoms with van der Waals surface area (Å²) < 4.78 is 4.95. The van der Waals surface area contributed by atoms with E-state index in [2.05, 4.69) is 0 Å². The molecule has 2 N–H and O–H groups in total. The van der Waals surface area contributed by atoms with E-state index in [0.717, 1.165) is 0 Å². The van der Waals surface area contributed by atoms with Gasteiger partial charge in [0, 0.05) is 11.8 Å². The number of rotatable bonds is 3. The monoisotopic (exact) mass is 297 g/mol. The van der Waals surface area contributed by atoms with Crippen LogP contribution in [0.25, 0.3) is 0 Å². The number of aromatic hydroxyl groups is 1. The molecule has 20 heavy (non-hydrogen) atoms. The topological polar surface area (TPSA) is 87.1 Å². The van der Waals surface area contributed by atoms with Gasteiger partial charge in [0.1, 0.15) is 17.5 Å². The fraction of sp³-hybridized carbons (Fsp3) is 0.385. The Labute approximate surface area is 120 Å². The van der Waals surface area contributed by atoms with Gasteiger partial charge in [0.15, 0.2) is 0 Å². The maximum absolute atomic E-state index is 12.4. The second-order valence-electron chi connectivity index (χ2n) is 4.38. The van der Waals surface area contributed by atoms with E-state index >= 15 is 0 Å². The highest BCUT2D eigenvalue weighted by molar-refractivity contribution is 8.00. The number of phenols is 1. The number of ether oxygens (including phenoxy) is 1. The number of hydrogen-bond donors (Lipinski definition) is 2. The van der Waals surface area contributed by atoms with Crippen LogP contribution < -0.4 is 4.74 Å². The van der Waals surface area contributed by atoms with Crippen LogP contribution in [0.4, 0.5) is 0 Å². The van der Waals surface area contributed by atoms with Gasteiger partial charge in [-0.3, -0.25) is 4.79 Å². The van der Waals surface area contributed by atoms with E-state index in [1.807, 2.05) is 0 Å². The number of carboxylic acid groups (broad SMARTS) is 1. The van der Waals surface area contributed by atoms with Crippen LogP contribution in [0, 0.1) is 0 Å². The van der Waals surface area contributed by atoms with Gasteiger partial charge in [0.25, 0.3) is 5.91 Å². The normalized spacial score (nSPS) is 21.8. The molecule has 0 aliphatic carbocycles. The largest absolute Gasteiger partial charge is 0.507 e. The number of methoxy groups -OCH3 is 1. The standard InChI is InChI=1S/C13H15NO5S/c1-7-14(10(6-20-7)13(17)18)12(16)9-4-3-8(19-2)5-11(9)15/h3-5,7,10,15H,6H2,1-2H3,(H,17,18). The van der Waals surface area contributed by atoms with Crippen LogP contribution in [0.5, 0.6) is 11.5 Å². The molecule has 0 saturated carbocycles. The number of amides is 1. The maximum Gasteiger partial charge on any atom is 0.327 e. The molecule has 0 spiro atoms. The molecule has 108 valence electrons. The van der Waals surface area contributed by atoms with E-state index in [-0.39, 0.29) is 16.7 Å². The number of carboxylic acids is 1. The molecule has 1 amide bonds. The van der Waals surface area contributed by atoms with Crippen LogP contribution in [0.2, 0.25) is 0 Å².